The van der Waals surface area contributed by atoms with Gasteiger partial charge in [-0.1, -0.05) is 30.3 Å². The summed E-state index contributed by atoms with van der Waals surface area (Å²) in [5, 5.41) is 7.08. The molecule has 0 bridgehead atoms. The second-order valence-electron chi connectivity index (χ2n) is 8.09. The van der Waals surface area contributed by atoms with Gasteiger partial charge in [0.05, 0.1) is 38.7 Å². The summed E-state index contributed by atoms with van der Waals surface area (Å²) in [7, 11) is 0. The number of fused-ring (bicyclic) bond motifs is 2. The van der Waals surface area contributed by atoms with E-state index in [0.29, 0.717) is 32.9 Å². The third-order valence-electron chi connectivity index (χ3n) is 5.77. The van der Waals surface area contributed by atoms with Crippen molar-refractivity contribution in [1.29, 1.82) is 0 Å². The fourth-order valence-electron chi connectivity index (χ4n) is 4.11. The lowest BCUT2D eigenvalue weighted by Crippen LogP contribution is -2.41. The van der Waals surface area contributed by atoms with Crippen molar-refractivity contribution >= 4 is 5.96 Å². The van der Waals surface area contributed by atoms with Crippen LogP contribution in [-0.4, -0.2) is 32.3 Å². The predicted molar refractivity (Wildman–Crippen MR) is 126 cm³/mol. The number of aliphatic imine (C=N–C) groups is 1. The molecule has 0 fully saturated rings. The minimum absolute atomic E-state index is 0.122. The Kier molecular flexibility index (Phi) is 6.66. The van der Waals surface area contributed by atoms with E-state index in [1.807, 2.05) is 48.5 Å². The fraction of sp³-hybridized carbons (Fsp3) is 0.346. The number of hydrogen-bond donors (Lipinski definition) is 2. The van der Waals surface area contributed by atoms with Crippen LogP contribution in [0.15, 0.2) is 70.3 Å². The predicted octanol–water partition coefficient (Wildman–Crippen LogP) is 4.24. The molecule has 7 heteroatoms. The second-order valence-corrected chi connectivity index (χ2v) is 8.09. The molecule has 33 heavy (non-hydrogen) atoms. The fourth-order valence-corrected chi connectivity index (χ4v) is 4.11. The summed E-state index contributed by atoms with van der Waals surface area (Å²) in [6, 6.07) is 18.2. The van der Waals surface area contributed by atoms with Crippen molar-refractivity contribution < 1.29 is 18.6 Å². The molecule has 0 saturated carbocycles. The van der Waals surface area contributed by atoms with Crippen LogP contribution in [0, 0.1) is 0 Å². The highest BCUT2D eigenvalue weighted by Crippen LogP contribution is 2.34. The smallest absolute Gasteiger partial charge is 0.192 e. The summed E-state index contributed by atoms with van der Waals surface area (Å²) >= 11 is 0. The molecule has 0 radical (unpaired) electrons. The molecule has 5 rings (SSSR count). The number of nitrogens with one attached hydrogen (secondary N) is 2. The molecule has 2 aliphatic heterocycles. The number of para-hydroxylation sites is 2. The van der Waals surface area contributed by atoms with E-state index in [9.17, 15) is 0 Å². The van der Waals surface area contributed by atoms with Crippen LogP contribution >= 0.6 is 0 Å². The standard InChI is InChI=1S/C26H29N3O4/c1-2-9-23-21(8-1)22(12-17-32-23)29-26(27-13-11-20-7-4-14-30-20)28-18-19-6-3-10-24-25(19)33-16-5-15-31-24/h1-4,6-10,14,22H,5,11-13,15-18H2,(H2,27,28,29). The van der Waals surface area contributed by atoms with Gasteiger partial charge < -0.3 is 29.3 Å². The zero-order valence-electron chi connectivity index (χ0n) is 18.6. The van der Waals surface area contributed by atoms with E-state index in [2.05, 4.69) is 16.7 Å². The first-order chi connectivity index (χ1) is 16.4. The molecule has 0 aliphatic carbocycles. The van der Waals surface area contributed by atoms with Gasteiger partial charge in [-0.2, -0.15) is 0 Å². The number of rotatable bonds is 6. The zero-order valence-corrected chi connectivity index (χ0v) is 18.6. The molecule has 0 amide bonds. The maximum absolute atomic E-state index is 5.97. The minimum Gasteiger partial charge on any atom is -0.493 e. The molecule has 3 heterocycles. The van der Waals surface area contributed by atoms with E-state index in [1.54, 1.807) is 6.26 Å². The Balaban J connectivity index is 1.34. The number of benzene rings is 2. The lowest BCUT2D eigenvalue weighted by molar-refractivity contribution is 0.261. The van der Waals surface area contributed by atoms with Crippen molar-refractivity contribution in [2.75, 3.05) is 26.4 Å². The zero-order chi connectivity index (χ0) is 22.3. The number of hydrogen-bond acceptors (Lipinski definition) is 5. The molecular formula is C26H29N3O4. The van der Waals surface area contributed by atoms with Gasteiger partial charge in [-0.25, -0.2) is 4.99 Å². The summed E-state index contributed by atoms with van der Waals surface area (Å²) in [6.45, 7) is 3.18. The van der Waals surface area contributed by atoms with Crippen LogP contribution in [0.2, 0.25) is 0 Å². The highest BCUT2D eigenvalue weighted by molar-refractivity contribution is 5.80. The van der Waals surface area contributed by atoms with Crippen LogP contribution in [0.25, 0.3) is 0 Å². The number of ether oxygens (including phenoxy) is 3. The molecule has 2 N–H and O–H groups in total. The van der Waals surface area contributed by atoms with Gasteiger partial charge in [0.1, 0.15) is 11.5 Å². The SMILES string of the molecule is c1coc(CCNC(=NCc2cccc3c2OCCCO3)NC2CCOc3ccccc32)c1. The quantitative estimate of drug-likeness (QED) is 0.435. The van der Waals surface area contributed by atoms with Gasteiger partial charge in [-0.3, -0.25) is 0 Å². The highest BCUT2D eigenvalue weighted by Gasteiger charge is 2.22. The van der Waals surface area contributed by atoms with E-state index in [0.717, 1.165) is 59.4 Å². The van der Waals surface area contributed by atoms with Gasteiger partial charge in [0.2, 0.25) is 0 Å². The molecule has 0 saturated heterocycles. The van der Waals surface area contributed by atoms with E-state index in [4.69, 9.17) is 23.6 Å². The molecule has 3 aromatic rings. The molecule has 2 aliphatic rings. The van der Waals surface area contributed by atoms with Gasteiger partial charge in [-0.15, -0.1) is 0 Å². The molecule has 2 aromatic carbocycles. The van der Waals surface area contributed by atoms with Crippen LogP contribution in [0.3, 0.4) is 0 Å². The average molecular weight is 448 g/mol. The minimum atomic E-state index is 0.122. The number of nitrogens with zero attached hydrogens (tertiary/aromatic N) is 1. The Labute approximate surface area is 193 Å². The largest absolute Gasteiger partial charge is 0.493 e. The van der Waals surface area contributed by atoms with Gasteiger partial charge in [0.15, 0.2) is 17.5 Å². The normalized spacial score (nSPS) is 17.5. The van der Waals surface area contributed by atoms with Crippen LogP contribution in [0.1, 0.15) is 35.8 Å². The van der Waals surface area contributed by atoms with Crippen LogP contribution in [-0.2, 0) is 13.0 Å². The summed E-state index contributed by atoms with van der Waals surface area (Å²) in [6.07, 6.45) is 4.22. The van der Waals surface area contributed by atoms with Crippen molar-refractivity contribution in [3.63, 3.8) is 0 Å². The highest BCUT2D eigenvalue weighted by atomic mass is 16.5. The van der Waals surface area contributed by atoms with Crippen molar-refractivity contribution in [1.82, 2.24) is 10.6 Å². The maximum Gasteiger partial charge on any atom is 0.192 e. The molecule has 1 atom stereocenters. The summed E-state index contributed by atoms with van der Waals surface area (Å²) < 4.78 is 23.1. The Morgan fingerprint density at radius 1 is 0.909 bits per heavy atom. The maximum atomic E-state index is 5.97. The summed E-state index contributed by atoms with van der Waals surface area (Å²) in [5.41, 5.74) is 2.16. The van der Waals surface area contributed by atoms with Crippen molar-refractivity contribution in [2.24, 2.45) is 4.99 Å². The lowest BCUT2D eigenvalue weighted by Gasteiger charge is -2.28. The van der Waals surface area contributed by atoms with Crippen LogP contribution in [0.4, 0.5) is 0 Å². The molecule has 172 valence electrons. The first kappa shape index (κ1) is 21.2. The molecule has 1 unspecified atom stereocenters. The average Bonchev–Trinajstić information content (AvgIpc) is 3.25. The van der Waals surface area contributed by atoms with Gasteiger partial charge in [0.25, 0.3) is 0 Å². The Morgan fingerprint density at radius 3 is 2.73 bits per heavy atom. The monoisotopic (exact) mass is 447 g/mol. The third kappa shape index (κ3) is 5.25. The van der Waals surface area contributed by atoms with Gasteiger partial charge in [0, 0.05) is 36.9 Å². The van der Waals surface area contributed by atoms with Crippen molar-refractivity contribution in [2.45, 2.75) is 31.8 Å². The first-order valence-electron chi connectivity index (χ1n) is 11.5. The van der Waals surface area contributed by atoms with Crippen molar-refractivity contribution in [3.05, 3.63) is 77.7 Å². The molecule has 0 spiro atoms. The number of furan rings is 1. The van der Waals surface area contributed by atoms with E-state index in [1.165, 1.54) is 0 Å². The van der Waals surface area contributed by atoms with E-state index in [-0.39, 0.29) is 6.04 Å². The van der Waals surface area contributed by atoms with Crippen LogP contribution in [0.5, 0.6) is 17.2 Å². The van der Waals surface area contributed by atoms with Crippen LogP contribution < -0.4 is 24.8 Å². The Bertz CT molecular complexity index is 1080. The van der Waals surface area contributed by atoms with Gasteiger partial charge in [-0.05, 0) is 24.3 Å². The molecule has 1 aromatic heterocycles. The second kappa shape index (κ2) is 10.3. The Hall–Kier alpha value is -3.61. The summed E-state index contributed by atoms with van der Waals surface area (Å²) in [4.78, 5) is 4.91. The first-order valence-corrected chi connectivity index (χ1v) is 11.5. The number of guanidine groups is 1. The third-order valence-corrected chi connectivity index (χ3v) is 5.77. The molecule has 7 nitrogen and oxygen atoms in total. The lowest BCUT2D eigenvalue weighted by atomic mass is 10.0. The van der Waals surface area contributed by atoms with Gasteiger partial charge >= 0.3 is 0 Å². The topological polar surface area (TPSA) is 77.3 Å². The van der Waals surface area contributed by atoms with E-state index < -0.39 is 0 Å². The summed E-state index contributed by atoms with van der Waals surface area (Å²) in [5.74, 6) is 4.20. The Morgan fingerprint density at radius 2 is 1.79 bits per heavy atom. The van der Waals surface area contributed by atoms with E-state index >= 15 is 0 Å². The molecular weight excluding hydrogens is 418 g/mol. The van der Waals surface area contributed by atoms with Crippen molar-refractivity contribution in [3.8, 4) is 17.2 Å².